The Balaban J connectivity index is 2.15. The summed E-state index contributed by atoms with van der Waals surface area (Å²) in [5.41, 5.74) is -2.04. The minimum absolute atomic E-state index is 0.0789. The molecular weight excluding hydrogens is 788 g/mol. The van der Waals surface area contributed by atoms with Crippen molar-refractivity contribution in [2.75, 3.05) is 54.5 Å². The van der Waals surface area contributed by atoms with Gasteiger partial charge in [-0.15, -0.1) is 0 Å². The Kier molecular flexibility index (Phi) is 16.2. The van der Waals surface area contributed by atoms with Crippen LogP contribution in [0.1, 0.15) is 80.1 Å². The first-order valence-electron chi connectivity index (χ1n) is 16.7. The predicted molar refractivity (Wildman–Crippen MR) is 201 cm³/mol. The van der Waals surface area contributed by atoms with Gasteiger partial charge in [-0.3, -0.25) is 19.2 Å². The van der Waals surface area contributed by atoms with Crippen LogP contribution in [0.4, 0.5) is 0 Å². The standard InChI is InChI=1S/C34H58Br2N2O8S2/c1-31(2,19-33(5,35)29(41)43-17-15-37(7)8)27(39)45-23-21-13-11-12-14-22(21)24(26(48)25(23)47)46-28(40)32(3,4)20-34(6,36)30(42)44-18-16-38(9)10/h21-26,47-48H,11-20H2,1-10H3/t21?,22?,23?,24?,25-,26+,33?,34?. The largest absolute Gasteiger partial charge is 0.463 e. The first kappa shape index (κ1) is 43.6. The predicted octanol–water partition coefficient (Wildman–Crippen LogP) is 5.58. The van der Waals surface area contributed by atoms with Crippen LogP contribution >= 0.6 is 57.1 Å². The number of hydrogen-bond donors (Lipinski definition) is 2. The smallest absolute Gasteiger partial charge is 0.322 e. The maximum atomic E-state index is 13.8. The molecule has 2 aliphatic carbocycles. The van der Waals surface area contributed by atoms with E-state index < -0.39 is 66.1 Å². The van der Waals surface area contributed by atoms with Crippen LogP contribution in [0.15, 0.2) is 0 Å². The summed E-state index contributed by atoms with van der Waals surface area (Å²) in [7, 11) is 7.59. The van der Waals surface area contributed by atoms with Crippen LogP contribution in [0, 0.1) is 22.7 Å². The number of nitrogens with zero attached hydrogens (tertiary/aromatic N) is 2. The third-order valence-corrected chi connectivity index (χ3v) is 11.9. The fourth-order valence-electron chi connectivity index (χ4n) is 6.67. The van der Waals surface area contributed by atoms with Gasteiger partial charge in [-0.25, -0.2) is 0 Å². The lowest BCUT2D eigenvalue weighted by molar-refractivity contribution is -0.181. The van der Waals surface area contributed by atoms with E-state index in [4.69, 9.17) is 44.2 Å². The normalized spacial score (nSPS) is 27.3. The van der Waals surface area contributed by atoms with Crippen molar-refractivity contribution in [3.8, 4) is 0 Å². The van der Waals surface area contributed by atoms with Gasteiger partial charge in [0, 0.05) is 24.9 Å². The number of ether oxygens (including phenoxy) is 4. The summed E-state index contributed by atoms with van der Waals surface area (Å²) >= 11 is 16.8. The molecule has 278 valence electrons. The molecule has 10 nitrogen and oxygen atoms in total. The summed E-state index contributed by atoms with van der Waals surface area (Å²) < 4.78 is 21.3. The van der Waals surface area contributed by atoms with E-state index in [1.165, 1.54) is 0 Å². The van der Waals surface area contributed by atoms with Gasteiger partial charge in [-0.05, 0) is 95.4 Å². The highest BCUT2D eigenvalue weighted by Gasteiger charge is 2.54. The van der Waals surface area contributed by atoms with Gasteiger partial charge in [0.15, 0.2) is 0 Å². The van der Waals surface area contributed by atoms with Crippen molar-refractivity contribution in [2.45, 2.75) is 111 Å². The van der Waals surface area contributed by atoms with E-state index in [1.54, 1.807) is 41.5 Å². The highest BCUT2D eigenvalue weighted by atomic mass is 79.9. The highest BCUT2D eigenvalue weighted by molar-refractivity contribution is 9.10. The van der Waals surface area contributed by atoms with Crippen LogP contribution in [0.3, 0.4) is 0 Å². The van der Waals surface area contributed by atoms with Gasteiger partial charge in [0.25, 0.3) is 0 Å². The van der Waals surface area contributed by atoms with Crippen LogP contribution in [0.5, 0.6) is 0 Å². The molecule has 14 heteroatoms. The zero-order valence-electron chi connectivity index (χ0n) is 30.3. The lowest BCUT2D eigenvalue weighted by atomic mass is 9.67. The number of halogens is 2. The van der Waals surface area contributed by atoms with E-state index in [0.29, 0.717) is 13.1 Å². The zero-order valence-corrected chi connectivity index (χ0v) is 35.3. The Hall–Kier alpha value is -0.540. The van der Waals surface area contributed by atoms with Crippen molar-refractivity contribution in [1.29, 1.82) is 0 Å². The monoisotopic (exact) mass is 844 g/mol. The third-order valence-electron chi connectivity index (χ3n) is 9.28. The Bertz CT molecular complexity index is 1050. The third kappa shape index (κ3) is 12.0. The molecule has 6 unspecified atom stereocenters. The Morgan fingerprint density at radius 2 is 0.938 bits per heavy atom. The van der Waals surface area contributed by atoms with Crippen molar-refractivity contribution < 1.29 is 38.1 Å². The molecule has 0 saturated heterocycles. The molecule has 0 N–H and O–H groups in total. The lowest BCUT2D eigenvalue weighted by Gasteiger charge is -2.50. The minimum Gasteiger partial charge on any atom is -0.463 e. The molecule has 2 fully saturated rings. The maximum absolute atomic E-state index is 13.8. The Morgan fingerprint density at radius 1 is 0.625 bits per heavy atom. The molecule has 0 aromatic carbocycles. The summed E-state index contributed by atoms with van der Waals surface area (Å²) in [4.78, 5) is 57.1. The van der Waals surface area contributed by atoms with Crippen molar-refractivity contribution in [2.24, 2.45) is 22.7 Å². The minimum atomic E-state index is -1.09. The number of fused-ring (bicyclic) bond motifs is 1. The summed E-state index contributed by atoms with van der Waals surface area (Å²) in [5.74, 6) is -1.91. The van der Waals surface area contributed by atoms with Gasteiger partial charge in [0.05, 0.1) is 21.3 Å². The van der Waals surface area contributed by atoms with Crippen molar-refractivity contribution in [1.82, 2.24) is 9.80 Å². The number of alkyl halides is 2. The lowest BCUT2D eigenvalue weighted by Crippen LogP contribution is -2.59. The number of esters is 4. The van der Waals surface area contributed by atoms with E-state index in [-0.39, 0.29) is 37.9 Å². The molecule has 8 atom stereocenters. The van der Waals surface area contributed by atoms with E-state index in [1.807, 2.05) is 38.0 Å². The molecule has 2 rings (SSSR count). The van der Waals surface area contributed by atoms with Gasteiger partial charge in [-0.2, -0.15) is 25.3 Å². The molecule has 2 aliphatic rings. The van der Waals surface area contributed by atoms with Crippen LogP contribution in [-0.4, -0.2) is 120 Å². The second-order valence-corrected chi connectivity index (χ2v) is 20.4. The molecule has 0 bridgehead atoms. The second-order valence-electron chi connectivity index (χ2n) is 15.7. The van der Waals surface area contributed by atoms with E-state index in [2.05, 4.69) is 31.9 Å². The first-order chi connectivity index (χ1) is 21.9. The first-order valence-corrected chi connectivity index (χ1v) is 19.3. The van der Waals surface area contributed by atoms with Gasteiger partial charge in [0.2, 0.25) is 0 Å². The Labute approximate surface area is 315 Å². The average Bonchev–Trinajstić information content (AvgIpc) is 2.95. The van der Waals surface area contributed by atoms with Crippen LogP contribution in [-0.2, 0) is 38.1 Å². The molecule has 0 spiro atoms. The van der Waals surface area contributed by atoms with Crippen LogP contribution in [0.2, 0.25) is 0 Å². The maximum Gasteiger partial charge on any atom is 0.322 e. The molecule has 48 heavy (non-hydrogen) atoms. The Morgan fingerprint density at radius 3 is 1.23 bits per heavy atom. The molecular formula is C34H58Br2N2O8S2. The number of hydrogen-bond acceptors (Lipinski definition) is 12. The summed E-state index contributed by atoms with van der Waals surface area (Å²) in [6, 6.07) is 0. The number of likely N-dealkylation sites (N-methyl/N-ethyl adjacent to an activating group) is 2. The number of thiol groups is 2. The fraction of sp³-hybridized carbons (Fsp3) is 0.882. The van der Waals surface area contributed by atoms with Crippen molar-refractivity contribution in [3.63, 3.8) is 0 Å². The molecule has 0 aromatic rings. The van der Waals surface area contributed by atoms with Gasteiger partial charge in [-0.1, -0.05) is 44.7 Å². The number of carbonyl (C=O) groups is 4. The van der Waals surface area contributed by atoms with Crippen molar-refractivity contribution >= 4 is 81.0 Å². The number of carbonyl (C=O) groups excluding carboxylic acids is 4. The molecule has 2 saturated carbocycles. The van der Waals surface area contributed by atoms with Gasteiger partial charge < -0.3 is 28.7 Å². The molecule has 0 amide bonds. The summed E-state index contributed by atoms with van der Waals surface area (Å²) in [5, 5.41) is -1.01. The van der Waals surface area contributed by atoms with Gasteiger partial charge >= 0.3 is 23.9 Å². The van der Waals surface area contributed by atoms with Crippen molar-refractivity contribution in [3.05, 3.63) is 0 Å². The quantitative estimate of drug-likeness (QED) is 0.0886. The fourth-order valence-corrected chi connectivity index (χ4v) is 9.21. The number of rotatable bonds is 16. The van der Waals surface area contributed by atoms with E-state index >= 15 is 0 Å². The molecule has 0 aliphatic heterocycles. The second kappa shape index (κ2) is 17.8. The van der Waals surface area contributed by atoms with Crippen LogP contribution < -0.4 is 0 Å². The van der Waals surface area contributed by atoms with Crippen LogP contribution in [0.25, 0.3) is 0 Å². The zero-order chi connectivity index (χ0) is 36.8. The summed E-state index contributed by atoms with van der Waals surface area (Å²) in [6.45, 7) is 12.1. The molecule has 0 radical (unpaired) electrons. The van der Waals surface area contributed by atoms with E-state index in [0.717, 1.165) is 25.7 Å². The average molecular weight is 847 g/mol. The molecule has 0 aromatic heterocycles. The topological polar surface area (TPSA) is 112 Å². The van der Waals surface area contributed by atoms with Gasteiger partial charge in [0.1, 0.15) is 34.1 Å². The molecule has 0 heterocycles. The van der Waals surface area contributed by atoms with E-state index in [9.17, 15) is 19.2 Å². The highest BCUT2D eigenvalue weighted by Crippen LogP contribution is 2.48. The summed E-state index contributed by atoms with van der Waals surface area (Å²) in [6.07, 6.45) is 2.73. The SMILES string of the molecule is CN(C)CCOC(=O)C(C)(Br)CC(C)(C)C(=O)OC1C2CCCCC2C(OC(=O)C(C)(C)CC(C)(Br)C(=O)OCCN(C)C)[C@H](S)[C@@H]1S.